The van der Waals surface area contributed by atoms with E-state index in [-0.39, 0.29) is 17.9 Å². The molecule has 2 aromatic carbocycles. The van der Waals surface area contributed by atoms with Crippen molar-refractivity contribution in [1.82, 2.24) is 5.43 Å². The molecular weight excluding hydrogens is 402 g/mol. The molecule has 1 aliphatic heterocycles. The minimum Gasteiger partial charge on any atom is -0.455 e. The summed E-state index contributed by atoms with van der Waals surface area (Å²) in [7, 11) is 0. The molecule has 6 heteroatoms. The van der Waals surface area contributed by atoms with Gasteiger partial charge in [-0.05, 0) is 56.9 Å². The van der Waals surface area contributed by atoms with Gasteiger partial charge >= 0.3 is 0 Å². The number of hydrogen-bond acceptors (Lipinski definition) is 4. The quantitative estimate of drug-likeness (QED) is 0.618. The van der Waals surface area contributed by atoms with Crippen molar-refractivity contribution in [3.8, 4) is 0 Å². The van der Waals surface area contributed by atoms with Crippen LogP contribution in [0, 0.1) is 6.92 Å². The molecule has 2 aliphatic rings. The van der Waals surface area contributed by atoms with Crippen LogP contribution in [0.1, 0.15) is 63.1 Å². The average Bonchev–Trinajstić information content (AvgIpc) is 3.34. The summed E-state index contributed by atoms with van der Waals surface area (Å²) in [5, 5.41) is 4.41. The van der Waals surface area contributed by atoms with Crippen molar-refractivity contribution in [1.29, 1.82) is 0 Å². The van der Waals surface area contributed by atoms with Gasteiger partial charge in [-0.1, -0.05) is 36.4 Å². The molecule has 5 rings (SSSR count). The maximum atomic E-state index is 13.5. The van der Waals surface area contributed by atoms with Gasteiger partial charge < -0.3 is 9.32 Å². The maximum absolute atomic E-state index is 13.5. The summed E-state index contributed by atoms with van der Waals surface area (Å²) >= 11 is 0. The summed E-state index contributed by atoms with van der Waals surface area (Å²) in [6, 6.07) is 17.1. The van der Waals surface area contributed by atoms with E-state index in [4.69, 9.17) is 4.42 Å². The zero-order valence-electron chi connectivity index (χ0n) is 18.2. The lowest BCUT2D eigenvalue weighted by atomic mass is 9.93. The Kier molecular flexibility index (Phi) is 5.13. The minimum absolute atomic E-state index is 0.0692. The molecule has 0 bridgehead atoms. The lowest BCUT2D eigenvalue weighted by Crippen LogP contribution is -2.35. The molecule has 32 heavy (non-hydrogen) atoms. The standard InChI is InChI=1S/C26H25N3O3/c1-16-15-19-11-6-7-13-21(19)29(16)26(31)24-17(2)23-20(12-8-14-22(23)32-24)27-28-25(30)18-9-4-3-5-10-18/h3-7,9-11,13,16H,8,12,14-15H2,1-2H3,(H,28,30)/b27-20+. The summed E-state index contributed by atoms with van der Waals surface area (Å²) in [6.07, 6.45) is 3.16. The largest absolute Gasteiger partial charge is 0.455 e. The van der Waals surface area contributed by atoms with E-state index < -0.39 is 0 Å². The van der Waals surface area contributed by atoms with Gasteiger partial charge in [0.15, 0.2) is 5.76 Å². The highest BCUT2D eigenvalue weighted by Gasteiger charge is 2.36. The van der Waals surface area contributed by atoms with Crippen LogP contribution in [-0.2, 0) is 12.8 Å². The highest BCUT2D eigenvalue weighted by Crippen LogP contribution is 2.36. The lowest BCUT2D eigenvalue weighted by molar-refractivity contribution is 0.0946. The first-order chi connectivity index (χ1) is 15.5. The Morgan fingerprint density at radius 2 is 1.81 bits per heavy atom. The van der Waals surface area contributed by atoms with E-state index in [0.717, 1.165) is 54.0 Å². The van der Waals surface area contributed by atoms with Crippen molar-refractivity contribution in [3.63, 3.8) is 0 Å². The number of para-hydroxylation sites is 1. The first-order valence-electron chi connectivity index (χ1n) is 11.0. The third kappa shape index (κ3) is 3.42. The number of fused-ring (bicyclic) bond motifs is 2. The minimum atomic E-state index is -0.259. The number of hydrazone groups is 1. The molecule has 1 unspecified atom stereocenters. The molecule has 2 amide bonds. The van der Waals surface area contributed by atoms with E-state index in [9.17, 15) is 9.59 Å². The number of hydrogen-bond donors (Lipinski definition) is 1. The highest BCUT2D eigenvalue weighted by atomic mass is 16.4. The second kappa shape index (κ2) is 8.11. The first-order valence-corrected chi connectivity index (χ1v) is 11.0. The number of nitrogens with zero attached hydrogens (tertiary/aromatic N) is 2. The van der Waals surface area contributed by atoms with Gasteiger partial charge in [0.1, 0.15) is 5.76 Å². The lowest BCUT2D eigenvalue weighted by Gasteiger charge is -2.21. The molecule has 0 radical (unpaired) electrons. The van der Waals surface area contributed by atoms with Crippen LogP contribution in [0.5, 0.6) is 0 Å². The molecule has 162 valence electrons. The summed E-state index contributed by atoms with van der Waals surface area (Å²) in [4.78, 5) is 27.8. The number of anilines is 1. The third-order valence-corrected chi connectivity index (χ3v) is 6.27. The van der Waals surface area contributed by atoms with E-state index in [1.54, 1.807) is 12.1 Å². The molecule has 1 atom stereocenters. The van der Waals surface area contributed by atoms with Crippen molar-refractivity contribution in [2.75, 3.05) is 4.90 Å². The topological polar surface area (TPSA) is 74.9 Å². The molecule has 1 aromatic heterocycles. The Bertz CT molecular complexity index is 1230. The van der Waals surface area contributed by atoms with E-state index in [1.165, 1.54) is 5.56 Å². The Morgan fingerprint density at radius 3 is 2.62 bits per heavy atom. The van der Waals surface area contributed by atoms with Gasteiger partial charge in [-0.15, -0.1) is 0 Å². The number of carbonyl (C=O) groups excluding carboxylic acids is 2. The summed E-state index contributed by atoms with van der Waals surface area (Å²) in [6.45, 7) is 3.96. The van der Waals surface area contributed by atoms with Crippen LogP contribution in [0.25, 0.3) is 0 Å². The Labute approximate surface area is 186 Å². The second-order valence-corrected chi connectivity index (χ2v) is 8.43. The van der Waals surface area contributed by atoms with Crippen LogP contribution >= 0.6 is 0 Å². The number of furan rings is 1. The fraction of sp³-hybridized carbons (Fsp3) is 0.269. The van der Waals surface area contributed by atoms with Gasteiger partial charge in [-0.25, -0.2) is 5.43 Å². The van der Waals surface area contributed by atoms with Crippen LogP contribution in [-0.4, -0.2) is 23.6 Å². The molecule has 0 fully saturated rings. The molecule has 6 nitrogen and oxygen atoms in total. The molecule has 0 spiro atoms. The molecule has 0 saturated carbocycles. The predicted molar refractivity (Wildman–Crippen MR) is 123 cm³/mol. The smallest absolute Gasteiger partial charge is 0.294 e. The number of benzene rings is 2. The monoisotopic (exact) mass is 427 g/mol. The van der Waals surface area contributed by atoms with Gasteiger partial charge in [-0.3, -0.25) is 9.59 Å². The fourth-order valence-corrected chi connectivity index (χ4v) is 4.74. The van der Waals surface area contributed by atoms with Crippen LogP contribution in [0.3, 0.4) is 0 Å². The Hall–Kier alpha value is -3.67. The molecular formula is C26H25N3O3. The predicted octanol–water partition coefficient (Wildman–Crippen LogP) is 4.65. The van der Waals surface area contributed by atoms with Gasteiger partial charge in [0.2, 0.25) is 0 Å². The number of aryl methyl sites for hydroxylation is 1. The average molecular weight is 428 g/mol. The molecule has 3 aromatic rings. The van der Waals surface area contributed by atoms with Gasteiger partial charge in [0, 0.05) is 34.8 Å². The zero-order valence-corrected chi connectivity index (χ0v) is 18.2. The van der Waals surface area contributed by atoms with E-state index in [0.29, 0.717) is 11.3 Å². The highest BCUT2D eigenvalue weighted by molar-refractivity contribution is 6.11. The van der Waals surface area contributed by atoms with E-state index in [2.05, 4.69) is 23.5 Å². The SMILES string of the molecule is Cc1c(C(=O)N2c3ccccc3CC2C)oc2c1/C(=N/NC(=O)c1ccccc1)CCC2. The maximum Gasteiger partial charge on any atom is 0.294 e. The molecule has 2 heterocycles. The van der Waals surface area contributed by atoms with Crippen molar-refractivity contribution in [3.05, 3.63) is 88.4 Å². The first kappa shape index (κ1) is 20.2. The van der Waals surface area contributed by atoms with Gasteiger partial charge in [0.05, 0.1) is 5.71 Å². The van der Waals surface area contributed by atoms with Gasteiger partial charge in [-0.2, -0.15) is 5.10 Å². The van der Waals surface area contributed by atoms with Gasteiger partial charge in [0.25, 0.3) is 11.8 Å². The summed E-state index contributed by atoms with van der Waals surface area (Å²) in [5.41, 5.74) is 7.73. The van der Waals surface area contributed by atoms with Crippen LogP contribution in [0.2, 0.25) is 0 Å². The van der Waals surface area contributed by atoms with E-state index in [1.807, 2.05) is 48.2 Å². The van der Waals surface area contributed by atoms with E-state index >= 15 is 0 Å². The summed E-state index contributed by atoms with van der Waals surface area (Å²) in [5.74, 6) is 0.750. The Balaban J connectivity index is 1.45. The fourth-order valence-electron chi connectivity index (χ4n) is 4.74. The Morgan fingerprint density at radius 1 is 1.06 bits per heavy atom. The number of nitrogens with one attached hydrogen (secondary N) is 1. The molecule has 0 saturated heterocycles. The zero-order chi connectivity index (χ0) is 22.2. The van der Waals surface area contributed by atoms with Crippen LogP contribution < -0.4 is 10.3 Å². The van der Waals surface area contributed by atoms with Crippen LogP contribution in [0.4, 0.5) is 5.69 Å². The summed E-state index contributed by atoms with van der Waals surface area (Å²) < 4.78 is 6.11. The van der Waals surface area contributed by atoms with Crippen molar-refractivity contribution in [2.45, 2.75) is 45.6 Å². The van der Waals surface area contributed by atoms with Crippen molar-refractivity contribution >= 4 is 23.2 Å². The van der Waals surface area contributed by atoms with Crippen molar-refractivity contribution in [2.24, 2.45) is 5.10 Å². The second-order valence-electron chi connectivity index (χ2n) is 8.43. The third-order valence-electron chi connectivity index (χ3n) is 6.27. The molecule has 1 aliphatic carbocycles. The normalized spacial score (nSPS) is 18.4. The molecule has 1 N–H and O–H groups in total. The number of amides is 2. The van der Waals surface area contributed by atoms with Crippen molar-refractivity contribution < 1.29 is 14.0 Å². The number of carbonyl (C=O) groups is 2. The van der Waals surface area contributed by atoms with Crippen LogP contribution in [0.15, 0.2) is 64.1 Å². The number of rotatable bonds is 3.